The lowest BCUT2D eigenvalue weighted by molar-refractivity contribution is 0.327. The highest BCUT2D eigenvalue weighted by Gasteiger charge is 2.10. The summed E-state index contributed by atoms with van der Waals surface area (Å²) in [6.07, 6.45) is 1.57. The lowest BCUT2D eigenvalue weighted by Crippen LogP contribution is -2.02. The normalized spacial score (nSPS) is 13.9. The van der Waals surface area contributed by atoms with Gasteiger partial charge in [0.05, 0.1) is 0 Å². The minimum absolute atomic E-state index is 0.673. The molecule has 0 saturated carbocycles. The Bertz CT molecular complexity index is 344. The molecule has 0 spiro atoms. The first-order valence-corrected chi connectivity index (χ1v) is 3.66. The standard InChI is InChI=1S/C9H9NO2/c1-6-5-11-8-3-2-7(10)4-9(8)12-6/h2-5H,10H2,1H3. The van der Waals surface area contributed by atoms with Gasteiger partial charge in [-0.2, -0.15) is 0 Å². The molecule has 1 aromatic carbocycles. The van der Waals surface area contributed by atoms with Gasteiger partial charge in [0.25, 0.3) is 0 Å². The smallest absolute Gasteiger partial charge is 0.171 e. The van der Waals surface area contributed by atoms with Crippen LogP contribution in [0.3, 0.4) is 0 Å². The molecule has 0 saturated heterocycles. The van der Waals surface area contributed by atoms with E-state index < -0.39 is 0 Å². The van der Waals surface area contributed by atoms with E-state index in [-0.39, 0.29) is 0 Å². The maximum Gasteiger partial charge on any atom is 0.171 e. The zero-order chi connectivity index (χ0) is 8.55. The van der Waals surface area contributed by atoms with Crippen molar-refractivity contribution in [2.24, 2.45) is 0 Å². The van der Waals surface area contributed by atoms with Gasteiger partial charge in [0.2, 0.25) is 0 Å². The molecule has 2 N–H and O–H groups in total. The fraction of sp³-hybridized carbons (Fsp3) is 0.111. The molecule has 1 aromatic rings. The Morgan fingerprint density at radius 1 is 1.25 bits per heavy atom. The van der Waals surface area contributed by atoms with Gasteiger partial charge >= 0.3 is 0 Å². The zero-order valence-electron chi connectivity index (χ0n) is 6.70. The van der Waals surface area contributed by atoms with Crippen molar-refractivity contribution in [3.63, 3.8) is 0 Å². The van der Waals surface area contributed by atoms with E-state index in [0.717, 1.165) is 5.76 Å². The molecule has 1 aliphatic heterocycles. The molecule has 0 radical (unpaired) electrons. The molecule has 0 aromatic heterocycles. The molecular formula is C9H9NO2. The molecule has 2 rings (SSSR count). The van der Waals surface area contributed by atoms with Crippen LogP contribution in [0.1, 0.15) is 6.92 Å². The van der Waals surface area contributed by atoms with Crippen molar-refractivity contribution in [1.29, 1.82) is 0 Å². The van der Waals surface area contributed by atoms with Crippen molar-refractivity contribution in [2.75, 3.05) is 5.73 Å². The molecule has 62 valence electrons. The fourth-order valence-electron chi connectivity index (χ4n) is 1.05. The summed E-state index contributed by atoms with van der Waals surface area (Å²) < 4.78 is 10.6. The van der Waals surface area contributed by atoms with Gasteiger partial charge in [-0.05, 0) is 19.1 Å². The number of ether oxygens (including phenoxy) is 2. The van der Waals surface area contributed by atoms with Crippen molar-refractivity contribution in [3.05, 3.63) is 30.2 Å². The Morgan fingerprint density at radius 2 is 2.08 bits per heavy atom. The second kappa shape index (κ2) is 2.44. The molecule has 0 unspecified atom stereocenters. The van der Waals surface area contributed by atoms with Crippen molar-refractivity contribution >= 4 is 5.69 Å². The average molecular weight is 163 g/mol. The molecule has 0 aliphatic carbocycles. The van der Waals surface area contributed by atoms with E-state index in [1.807, 2.05) is 6.92 Å². The van der Waals surface area contributed by atoms with Gasteiger partial charge in [0.1, 0.15) is 12.0 Å². The van der Waals surface area contributed by atoms with Gasteiger partial charge in [-0.15, -0.1) is 0 Å². The summed E-state index contributed by atoms with van der Waals surface area (Å²) in [5, 5.41) is 0. The van der Waals surface area contributed by atoms with Gasteiger partial charge in [0.15, 0.2) is 11.5 Å². The number of nitrogen functional groups attached to an aromatic ring is 1. The molecule has 0 bridgehead atoms. The molecule has 1 aliphatic rings. The Labute approximate surface area is 70.4 Å². The van der Waals surface area contributed by atoms with Crippen molar-refractivity contribution in [2.45, 2.75) is 6.92 Å². The minimum Gasteiger partial charge on any atom is -0.458 e. The second-order valence-corrected chi connectivity index (χ2v) is 2.65. The SMILES string of the molecule is CC1=COc2ccc(N)cc2O1. The van der Waals surface area contributed by atoms with Gasteiger partial charge in [-0.1, -0.05) is 0 Å². The fourth-order valence-corrected chi connectivity index (χ4v) is 1.05. The summed E-state index contributed by atoms with van der Waals surface area (Å²) in [4.78, 5) is 0. The van der Waals surface area contributed by atoms with Crippen LogP contribution in [0.4, 0.5) is 5.69 Å². The molecule has 0 atom stereocenters. The Kier molecular flexibility index (Phi) is 1.43. The number of benzene rings is 1. The molecule has 3 heteroatoms. The summed E-state index contributed by atoms with van der Waals surface area (Å²) >= 11 is 0. The van der Waals surface area contributed by atoms with E-state index >= 15 is 0 Å². The van der Waals surface area contributed by atoms with Crippen molar-refractivity contribution < 1.29 is 9.47 Å². The number of hydrogen-bond donors (Lipinski definition) is 1. The highest BCUT2D eigenvalue weighted by Crippen LogP contribution is 2.33. The highest BCUT2D eigenvalue weighted by molar-refractivity contribution is 5.53. The molecule has 12 heavy (non-hydrogen) atoms. The molecule has 0 fully saturated rings. The summed E-state index contributed by atoms with van der Waals surface area (Å²) in [5.41, 5.74) is 6.25. The summed E-state index contributed by atoms with van der Waals surface area (Å²) in [5.74, 6) is 2.11. The van der Waals surface area contributed by atoms with Crippen LogP contribution in [0.25, 0.3) is 0 Å². The largest absolute Gasteiger partial charge is 0.458 e. The van der Waals surface area contributed by atoms with Crippen LogP contribution >= 0.6 is 0 Å². The Hall–Kier alpha value is -1.64. The van der Waals surface area contributed by atoms with Crippen LogP contribution in [-0.2, 0) is 0 Å². The van der Waals surface area contributed by atoms with Crippen LogP contribution in [0.5, 0.6) is 11.5 Å². The van der Waals surface area contributed by atoms with Crippen LogP contribution < -0.4 is 15.2 Å². The zero-order valence-corrected chi connectivity index (χ0v) is 6.70. The molecule has 3 nitrogen and oxygen atoms in total. The number of rotatable bonds is 0. The number of fused-ring (bicyclic) bond motifs is 1. The van der Waals surface area contributed by atoms with E-state index in [1.165, 1.54) is 0 Å². The van der Waals surface area contributed by atoms with E-state index in [1.54, 1.807) is 24.5 Å². The lowest BCUT2D eigenvalue weighted by Gasteiger charge is -2.15. The summed E-state index contributed by atoms with van der Waals surface area (Å²) in [6, 6.07) is 5.30. The van der Waals surface area contributed by atoms with Gasteiger partial charge in [-0.25, -0.2) is 0 Å². The number of anilines is 1. The van der Waals surface area contributed by atoms with Gasteiger partial charge in [-0.3, -0.25) is 0 Å². The first kappa shape index (κ1) is 7.03. The molecule has 1 heterocycles. The van der Waals surface area contributed by atoms with E-state index in [4.69, 9.17) is 15.2 Å². The van der Waals surface area contributed by atoms with Gasteiger partial charge in [0, 0.05) is 11.8 Å². The van der Waals surface area contributed by atoms with Crippen LogP contribution in [0, 0.1) is 0 Å². The minimum atomic E-state index is 0.673. The monoisotopic (exact) mass is 163 g/mol. The summed E-state index contributed by atoms with van der Waals surface area (Å²) in [6.45, 7) is 1.83. The van der Waals surface area contributed by atoms with E-state index in [2.05, 4.69) is 0 Å². The van der Waals surface area contributed by atoms with E-state index in [0.29, 0.717) is 17.2 Å². The molecule has 0 amide bonds. The van der Waals surface area contributed by atoms with Crippen molar-refractivity contribution in [3.8, 4) is 11.5 Å². The van der Waals surface area contributed by atoms with Crippen LogP contribution in [0.2, 0.25) is 0 Å². The number of allylic oxidation sites excluding steroid dienone is 1. The third-order valence-corrected chi connectivity index (χ3v) is 1.59. The predicted molar refractivity (Wildman–Crippen MR) is 45.9 cm³/mol. The Balaban J connectivity index is 2.43. The highest BCUT2D eigenvalue weighted by atomic mass is 16.6. The van der Waals surface area contributed by atoms with Crippen LogP contribution in [0.15, 0.2) is 30.2 Å². The second-order valence-electron chi connectivity index (χ2n) is 2.65. The van der Waals surface area contributed by atoms with Gasteiger partial charge < -0.3 is 15.2 Å². The third kappa shape index (κ3) is 1.09. The first-order valence-electron chi connectivity index (χ1n) is 3.66. The van der Waals surface area contributed by atoms with E-state index in [9.17, 15) is 0 Å². The maximum absolute atomic E-state index is 5.57. The topological polar surface area (TPSA) is 44.5 Å². The van der Waals surface area contributed by atoms with Crippen LogP contribution in [-0.4, -0.2) is 0 Å². The summed E-state index contributed by atoms with van der Waals surface area (Å²) in [7, 11) is 0. The number of hydrogen-bond acceptors (Lipinski definition) is 3. The molecular weight excluding hydrogens is 154 g/mol. The first-order chi connectivity index (χ1) is 5.75. The Morgan fingerprint density at radius 3 is 2.92 bits per heavy atom. The predicted octanol–water partition coefficient (Wildman–Crippen LogP) is 1.90. The maximum atomic E-state index is 5.57. The average Bonchev–Trinajstić information content (AvgIpc) is 2.03. The third-order valence-electron chi connectivity index (χ3n) is 1.59. The number of nitrogens with two attached hydrogens (primary N) is 1. The van der Waals surface area contributed by atoms with Crippen molar-refractivity contribution in [1.82, 2.24) is 0 Å². The lowest BCUT2D eigenvalue weighted by atomic mass is 10.3. The quantitative estimate of drug-likeness (QED) is 0.594.